The van der Waals surface area contributed by atoms with Gasteiger partial charge in [-0.3, -0.25) is 0 Å². The predicted octanol–water partition coefficient (Wildman–Crippen LogP) is 3.33. The standard InChI is InChI=1S/C15H17F3N2/c1-14(2)5-3-11(8-14)10-4-6-20-13(7-10)12(19)9-15(16,17)18/h3-5,7-9,20H,6,19H2,1-2H3/b12-9-. The number of rotatable bonds is 2. The number of hydrogen-bond acceptors (Lipinski definition) is 2. The Labute approximate surface area is 116 Å². The van der Waals surface area contributed by atoms with Crippen molar-refractivity contribution in [1.82, 2.24) is 5.32 Å². The maximum Gasteiger partial charge on any atom is 0.411 e. The van der Waals surface area contributed by atoms with Gasteiger partial charge < -0.3 is 11.1 Å². The number of halogens is 3. The zero-order valence-electron chi connectivity index (χ0n) is 11.4. The zero-order valence-corrected chi connectivity index (χ0v) is 11.4. The molecule has 0 saturated carbocycles. The second-order valence-electron chi connectivity index (χ2n) is 5.49. The summed E-state index contributed by atoms with van der Waals surface area (Å²) in [6.45, 7) is 4.60. The van der Waals surface area contributed by atoms with E-state index in [9.17, 15) is 13.2 Å². The third kappa shape index (κ3) is 3.56. The van der Waals surface area contributed by atoms with Crippen LogP contribution in [0.1, 0.15) is 13.8 Å². The van der Waals surface area contributed by atoms with Crippen molar-refractivity contribution in [3.05, 3.63) is 59.0 Å². The Morgan fingerprint density at radius 1 is 1.35 bits per heavy atom. The van der Waals surface area contributed by atoms with Crippen molar-refractivity contribution in [1.29, 1.82) is 0 Å². The van der Waals surface area contributed by atoms with Crippen molar-refractivity contribution in [3.8, 4) is 0 Å². The van der Waals surface area contributed by atoms with Gasteiger partial charge in [0.25, 0.3) is 0 Å². The molecule has 0 atom stereocenters. The number of dihydropyridines is 1. The highest BCUT2D eigenvalue weighted by molar-refractivity contribution is 5.55. The quantitative estimate of drug-likeness (QED) is 0.815. The minimum atomic E-state index is -4.41. The van der Waals surface area contributed by atoms with Gasteiger partial charge >= 0.3 is 6.18 Å². The van der Waals surface area contributed by atoms with E-state index in [0.29, 0.717) is 12.2 Å². The molecule has 0 unspecified atom stereocenters. The smallest absolute Gasteiger partial charge is 0.397 e. The average molecular weight is 282 g/mol. The largest absolute Gasteiger partial charge is 0.411 e. The SMILES string of the molecule is CC1(C)C=CC(C2=CCNC(/C(N)=C/C(F)(F)F)=C2)=C1. The molecule has 2 aliphatic rings. The molecule has 1 aliphatic carbocycles. The van der Waals surface area contributed by atoms with Crippen LogP contribution >= 0.6 is 0 Å². The maximum atomic E-state index is 12.3. The zero-order chi connectivity index (χ0) is 15.0. The molecule has 2 nitrogen and oxygen atoms in total. The highest BCUT2D eigenvalue weighted by Crippen LogP contribution is 2.33. The Morgan fingerprint density at radius 2 is 2.05 bits per heavy atom. The van der Waals surface area contributed by atoms with E-state index in [0.717, 1.165) is 11.1 Å². The number of hydrogen-bond donors (Lipinski definition) is 2. The van der Waals surface area contributed by atoms with E-state index in [1.807, 2.05) is 12.2 Å². The Kier molecular flexibility index (Phi) is 3.54. The van der Waals surface area contributed by atoms with Crippen LogP contribution in [-0.2, 0) is 0 Å². The van der Waals surface area contributed by atoms with Gasteiger partial charge in [-0.2, -0.15) is 13.2 Å². The van der Waals surface area contributed by atoms with Crippen LogP contribution in [-0.4, -0.2) is 12.7 Å². The van der Waals surface area contributed by atoms with Crippen LogP contribution in [0.2, 0.25) is 0 Å². The van der Waals surface area contributed by atoms with Crippen molar-refractivity contribution < 1.29 is 13.2 Å². The van der Waals surface area contributed by atoms with Gasteiger partial charge in [-0.25, -0.2) is 0 Å². The van der Waals surface area contributed by atoms with Gasteiger partial charge in [0, 0.05) is 18.0 Å². The van der Waals surface area contributed by atoms with Crippen LogP contribution in [0.4, 0.5) is 13.2 Å². The van der Waals surface area contributed by atoms with Crippen molar-refractivity contribution in [2.24, 2.45) is 11.1 Å². The summed E-state index contributed by atoms with van der Waals surface area (Å²) in [7, 11) is 0. The highest BCUT2D eigenvalue weighted by atomic mass is 19.4. The Hall–Kier alpha value is -1.91. The van der Waals surface area contributed by atoms with Crippen molar-refractivity contribution >= 4 is 0 Å². The molecule has 20 heavy (non-hydrogen) atoms. The second kappa shape index (κ2) is 4.89. The fraction of sp³-hybridized carbons (Fsp3) is 0.333. The Balaban J connectivity index is 2.26. The van der Waals surface area contributed by atoms with Crippen LogP contribution in [0.15, 0.2) is 59.0 Å². The van der Waals surface area contributed by atoms with Gasteiger partial charge in [-0.15, -0.1) is 0 Å². The van der Waals surface area contributed by atoms with Crippen LogP contribution in [0.5, 0.6) is 0 Å². The summed E-state index contributed by atoms with van der Waals surface area (Å²) in [6.07, 6.45) is 5.41. The summed E-state index contributed by atoms with van der Waals surface area (Å²) in [5.41, 5.74) is 7.37. The topological polar surface area (TPSA) is 38.0 Å². The van der Waals surface area contributed by atoms with E-state index in [-0.39, 0.29) is 17.2 Å². The van der Waals surface area contributed by atoms with Crippen molar-refractivity contribution in [3.63, 3.8) is 0 Å². The van der Waals surface area contributed by atoms with Crippen LogP contribution in [0.3, 0.4) is 0 Å². The van der Waals surface area contributed by atoms with Gasteiger partial charge in [0.2, 0.25) is 0 Å². The fourth-order valence-electron chi connectivity index (χ4n) is 2.16. The molecule has 0 amide bonds. The van der Waals surface area contributed by atoms with E-state index < -0.39 is 6.18 Å². The van der Waals surface area contributed by atoms with Crippen molar-refractivity contribution in [2.45, 2.75) is 20.0 Å². The van der Waals surface area contributed by atoms with E-state index in [1.54, 1.807) is 6.08 Å². The maximum absolute atomic E-state index is 12.3. The van der Waals surface area contributed by atoms with Crippen molar-refractivity contribution in [2.75, 3.05) is 6.54 Å². The number of alkyl halides is 3. The molecule has 0 aromatic rings. The number of nitrogens with one attached hydrogen (secondary N) is 1. The first-order chi connectivity index (χ1) is 9.16. The predicted molar refractivity (Wildman–Crippen MR) is 73.5 cm³/mol. The Bertz CT molecular complexity index is 558. The first-order valence-corrected chi connectivity index (χ1v) is 6.30. The number of nitrogens with two attached hydrogens (primary N) is 1. The fourth-order valence-corrected chi connectivity index (χ4v) is 2.16. The minimum Gasteiger partial charge on any atom is -0.397 e. The van der Waals surface area contributed by atoms with Crippen LogP contribution in [0, 0.1) is 5.41 Å². The van der Waals surface area contributed by atoms with E-state index in [4.69, 9.17) is 5.73 Å². The van der Waals surface area contributed by atoms with E-state index in [1.165, 1.54) is 0 Å². The van der Waals surface area contributed by atoms with Gasteiger partial charge in [-0.05, 0) is 17.2 Å². The molecule has 0 bridgehead atoms. The van der Waals surface area contributed by atoms with Gasteiger partial charge in [0.05, 0.1) is 11.4 Å². The van der Waals surface area contributed by atoms with Gasteiger partial charge in [-0.1, -0.05) is 38.2 Å². The molecular weight excluding hydrogens is 265 g/mol. The molecule has 0 aromatic heterocycles. The summed E-state index contributed by atoms with van der Waals surface area (Å²) in [4.78, 5) is 0. The van der Waals surface area contributed by atoms with Gasteiger partial charge in [0.15, 0.2) is 0 Å². The molecule has 0 spiro atoms. The summed E-state index contributed by atoms with van der Waals surface area (Å²) < 4.78 is 36.9. The molecule has 1 aliphatic heterocycles. The summed E-state index contributed by atoms with van der Waals surface area (Å²) in [5.74, 6) is 0. The van der Waals surface area contributed by atoms with Crippen LogP contribution < -0.4 is 11.1 Å². The minimum absolute atomic E-state index is 0.0254. The summed E-state index contributed by atoms with van der Waals surface area (Å²) >= 11 is 0. The lowest BCUT2D eigenvalue weighted by molar-refractivity contribution is -0.0804. The first kappa shape index (κ1) is 14.5. The number of allylic oxidation sites excluding steroid dienone is 7. The highest BCUT2D eigenvalue weighted by Gasteiger charge is 2.25. The molecule has 5 heteroatoms. The lowest BCUT2D eigenvalue weighted by Gasteiger charge is -2.18. The molecule has 2 rings (SSSR count). The molecule has 1 heterocycles. The lowest BCUT2D eigenvalue weighted by Crippen LogP contribution is -2.23. The monoisotopic (exact) mass is 282 g/mol. The molecule has 108 valence electrons. The summed E-state index contributed by atoms with van der Waals surface area (Å²) in [6, 6.07) is 0. The lowest BCUT2D eigenvalue weighted by atomic mass is 9.94. The molecule has 0 saturated heterocycles. The third-order valence-electron chi connectivity index (χ3n) is 3.10. The normalized spacial score (nSPS) is 22.1. The molecule has 0 aromatic carbocycles. The van der Waals surface area contributed by atoms with E-state index in [2.05, 4.69) is 31.3 Å². The molecule has 0 fully saturated rings. The molecular formula is C15H17F3N2. The summed E-state index contributed by atoms with van der Waals surface area (Å²) in [5, 5.41) is 2.86. The first-order valence-electron chi connectivity index (χ1n) is 6.30. The average Bonchev–Trinajstić information content (AvgIpc) is 2.68. The molecule has 0 radical (unpaired) electrons. The van der Waals surface area contributed by atoms with Crippen LogP contribution in [0.25, 0.3) is 0 Å². The van der Waals surface area contributed by atoms with E-state index >= 15 is 0 Å². The Morgan fingerprint density at radius 3 is 2.60 bits per heavy atom. The molecule has 3 N–H and O–H groups in total. The van der Waals surface area contributed by atoms with Gasteiger partial charge in [0.1, 0.15) is 0 Å². The third-order valence-corrected chi connectivity index (χ3v) is 3.10. The second-order valence-corrected chi connectivity index (χ2v) is 5.49.